The molecule has 2 atom stereocenters. The average Bonchev–Trinajstić information content (AvgIpc) is 3.75. The van der Waals surface area contributed by atoms with E-state index in [0.29, 0.717) is 37.6 Å². The maximum absolute atomic E-state index is 13.6. The van der Waals surface area contributed by atoms with E-state index in [1.807, 2.05) is 19.1 Å². The van der Waals surface area contributed by atoms with Crippen molar-refractivity contribution in [3.05, 3.63) is 59.9 Å². The van der Waals surface area contributed by atoms with Crippen molar-refractivity contribution in [3.63, 3.8) is 0 Å². The van der Waals surface area contributed by atoms with Crippen LogP contribution >= 0.6 is 0 Å². The van der Waals surface area contributed by atoms with Gasteiger partial charge in [0.1, 0.15) is 11.6 Å². The van der Waals surface area contributed by atoms with E-state index in [1.54, 1.807) is 45.3 Å². The largest absolute Gasteiger partial charge is 0.471 e. The fourth-order valence-corrected chi connectivity index (χ4v) is 6.41. The molecule has 0 saturated carbocycles. The molecule has 1 saturated heterocycles. The number of aromatic nitrogens is 3. The molecule has 0 bridgehead atoms. The number of pyridine rings is 1. The summed E-state index contributed by atoms with van der Waals surface area (Å²) in [4.78, 5) is 44.5. The van der Waals surface area contributed by atoms with E-state index in [4.69, 9.17) is 23.7 Å². The topological polar surface area (TPSA) is 170 Å². The van der Waals surface area contributed by atoms with Crippen molar-refractivity contribution in [2.24, 2.45) is 5.41 Å². The molecule has 3 N–H and O–H groups in total. The lowest BCUT2D eigenvalue weighted by molar-refractivity contribution is -0.138. The zero-order valence-corrected chi connectivity index (χ0v) is 33.0. The van der Waals surface area contributed by atoms with E-state index in [2.05, 4.69) is 64.0 Å². The molecular weight excluding hydrogens is 692 g/mol. The Kier molecular flexibility index (Phi) is 14.4. The van der Waals surface area contributed by atoms with Gasteiger partial charge in [-0.15, -0.1) is 0 Å². The molecule has 1 fully saturated rings. The molecule has 54 heavy (non-hydrogen) atoms. The molecule has 0 aliphatic carbocycles. The first kappa shape index (κ1) is 42.0. The van der Waals surface area contributed by atoms with Crippen LogP contribution in [0.2, 0.25) is 0 Å². The van der Waals surface area contributed by atoms with Crippen LogP contribution < -0.4 is 10.7 Å². The van der Waals surface area contributed by atoms with E-state index < -0.39 is 23.2 Å². The number of ether oxygens (including phenoxy) is 3. The van der Waals surface area contributed by atoms with Crippen molar-refractivity contribution in [1.82, 2.24) is 30.3 Å². The van der Waals surface area contributed by atoms with Crippen molar-refractivity contribution < 1.29 is 38.1 Å². The summed E-state index contributed by atoms with van der Waals surface area (Å²) in [6, 6.07) is 9.28. The molecule has 0 unspecified atom stereocenters. The van der Waals surface area contributed by atoms with Gasteiger partial charge in [-0.3, -0.25) is 19.6 Å². The van der Waals surface area contributed by atoms with Crippen LogP contribution in [0.1, 0.15) is 84.6 Å². The Balaban J connectivity index is 0.00000155. The molecule has 4 aromatic rings. The molecule has 1 aliphatic rings. The summed E-state index contributed by atoms with van der Waals surface area (Å²) in [6.07, 6.45) is 5.04. The van der Waals surface area contributed by atoms with Crippen LogP contribution in [0, 0.1) is 5.41 Å². The minimum absolute atomic E-state index is 0.0227. The van der Waals surface area contributed by atoms with Gasteiger partial charge in [0.05, 0.1) is 37.2 Å². The normalized spacial score (nSPS) is 14.5. The van der Waals surface area contributed by atoms with Crippen LogP contribution in [0.4, 0.5) is 4.79 Å². The molecule has 3 aromatic heterocycles. The highest BCUT2D eigenvalue weighted by atomic mass is 16.6. The number of carbonyl (C=O) groups excluding carboxylic acids is 3. The number of nitrogens with one attached hydrogen (secondary N) is 2. The van der Waals surface area contributed by atoms with Crippen molar-refractivity contribution in [2.75, 3.05) is 33.9 Å². The number of hydrogen-bond donors (Lipinski definition) is 3. The number of hydrazine groups is 1. The molecule has 14 heteroatoms. The molecule has 0 spiro atoms. The summed E-state index contributed by atoms with van der Waals surface area (Å²) in [5.41, 5.74) is 7.86. The molecule has 0 radical (unpaired) electrons. The van der Waals surface area contributed by atoms with E-state index in [0.717, 1.165) is 58.4 Å². The average molecular weight is 749 g/mol. The molecular formula is C40H56N6O8. The molecule has 2 amide bonds. The number of aliphatic hydroxyl groups is 1. The Hall–Kier alpha value is -4.79. The Labute approximate surface area is 317 Å². The summed E-state index contributed by atoms with van der Waals surface area (Å²) in [7, 11) is 3.00. The SMILES string of the molecule is CCn1c(-c2cccnc2[C@H](C)OC)c(CC(C)(C)CO)c2cc(-c3cnc(C[C@H](NC(=O)OC(C)(C)C)C(=O)N4CCCCN4)o3)ccc21.COC=O. The second kappa shape index (κ2) is 18.5. The second-order valence-electron chi connectivity index (χ2n) is 15.1. The first-order valence-electron chi connectivity index (χ1n) is 18.4. The van der Waals surface area contributed by atoms with E-state index in [9.17, 15) is 14.7 Å². The molecule has 1 aliphatic heterocycles. The van der Waals surface area contributed by atoms with Gasteiger partial charge in [-0.1, -0.05) is 13.8 Å². The number of aryl methyl sites for hydroxylation is 1. The van der Waals surface area contributed by atoms with Crippen LogP contribution in [-0.4, -0.2) is 88.7 Å². The number of hydrogen-bond acceptors (Lipinski definition) is 11. The van der Waals surface area contributed by atoms with Gasteiger partial charge in [0.2, 0.25) is 0 Å². The van der Waals surface area contributed by atoms with Crippen LogP contribution in [0.3, 0.4) is 0 Å². The maximum Gasteiger partial charge on any atom is 0.408 e. The number of carbonyl (C=O) groups is 3. The highest BCUT2D eigenvalue weighted by Gasteiger charge is 2.32. The number of rotatable bonds is 13. The summed E-state index contributed by atoms with van der Waals surface area (Å²) < 4.78 is 23.6. The predicted octanol–water partition coefficient (Wildman–Crippen LogP) is 6.00. The highest BCUT2D eigenvalue weighted by Crippen LogP contribution is 2.41. The quantitative estimate of drug-likeness (QED) is 0.137. The molecule has 1 aromatic carbocycles. The number of nitrogens with zero attached hydrogens (tertiary/aromatic N) is 4. The third-order valence-corrected chi connectivity index (χ3v) is 9.08. The van der Waals surface area contributed by atoms with Crippen LogP contribution in [0.25, 0.3) is 33.5 Å². The van der Waals surface area contributed by atoms with Crippen molar-refractivity contribution in [1.29, 1.82) is 0 Å². The fraction of sp³-hybridized carbons (Fsp3) is 0.525. The number of benzene rings is 1. The summed E-state index contributed by atoms with van der Waals surface area (Å²) in [5, 5.41) is 15.7. The van der Waals surface area contributed by atoms with Crippen molar-refractivity contribution >= 4 is 29.4 Å². The van der Waals surface area contributed by atoms with Gasteiger partial charge in [0, 0.05) is 61.6 Å². The number of aliphatic hydroxyl groups excluding tert-OH is 1. The van der Waals surface area contributed by atoms with Gasteiger partial charge >= 0.3 is 6.09 Å². The van der Waals surface area contributed by atoms with Gasteiger partial charge in [0.25, 0.3) is 12.4 Å². The standard InChI is InChI=1S/C38H52N6O6.C2H4O2/c1-9-43-30-15-14-25(19-27(30)28(21-38(6,7)23-45)34(43)26-13-12-16-39-33(26)24(2)48-8)31-22-40-32(49-31)20-29(42-36(47)50-37(3,4)5)35(46)44-18-11-10-17-41-44;1-4-2-3/h12-16,19,22,24,29,41,45H,9-11,17-18,20-21,23H2,1-8H3,(H,42,47);2H,1H3/t24-,29-;/m0./s1. The molecule has 294 valence electrons. The smallest absolute Gasteiger partial charge is 0.408 e. The van der Waals surface area contributed by atoms with Crippen molar-refractivity contribution in [3.8, 4) is 22.6 Å². The Morgan fingerprint density at radius 3 is 2.48 bits per heavy atom. The van der Waals surface area contributed by atoms with Crippen molar-refractivity contribution in [2.45, 2.75) is 98.4 Å². The zero-order valence-electron chi connectivity index (χ0n) is 33.0. The van der Waals surface area contributed by atoms with Crippen LogP contribution in [0.15, 0.2) is 47.1 Å². The second-order valence-corrected chi connectivity index (χ2v) is 15.1. The number of alkyl carbamates (subject to hydrolysis) is 1. The third kappa shape index (κ3) is 10.5. The van der Waals surface area contributed by atoms with Gasteiger partial charge in [-0.2, -0.15) is 0 Å². The van der Waals surface area contributed by atoms with Gasteiger partial charge in [0.15, 0.2) is 11.7 Å². The van der Waals surface area contributed by atoms with E-state index >= 15 is 0 Å². The monoisotopic (exact) mass is 748 g/mol. The predicted molar refractivity (Wildman–Crippen MR) is 205 cm³/mol. The van der Waals surface area contributed by atoms with Gasteiger partial charge in [-0.05, 0) is 95.2 Å². The number of oxazole rings is 1. The Morgan fingerprint density at radius 1 is 1.13 bits per heavy atom. The number of fused-ring (bicyclic) bond motifs is 1. The minimum Gasteiger partial charge on any atom is -0.471 e. The van der Waals surface area contributed by atoms with Crippen LogP contribution in [0.5, 0.6) is 0 Å². The lowest BCUT2D eigenvalue weighted by Crippen LogP contribution is -2.56. The number of methoxy groups -OCH3 is 2. The van der Waals surface area contributed by atoms with Gasteiger partial charge < -0.3 is 33.6 Å². The number of amides is 2. The van der Waals surface area contributed by atoms with E-state index in [1.165, 1.54) is 7.11 Å². The van der Waals surface area contributed by atoms with Gasteiger partial charge in [-0.25, -0.2) is 15.2 Å². The third-order valence-electron chi connectivity index (χ3n) is 9.08. The highest BCUT2D eigenvalue weighted by molar-refractivity contribution is 5.95. The van der Waals surface area contributed by atoms with E-state index in [-0.39, 0.29) is 25.0 Å². The molecule has 4 heterocycles. The Bertz CT molecular complexity index is 1870. The fourth-order valence-electron chi connectivity index (χ4n) is 6.41. The lowest BCUT2D eigenvalue weighted by atomic mass is 9.84. The zero-order chi connectivity index (χ0) is 39.6. The molecule has 14 nitrogen and oxygen atoms in total. The Morgan fingerprint density at radius 2 is 1.87 bits per heavy atom. The summed E-state index contributed by atoms with van der Waals surface area (Å²) in [6.45, 7) is 15.9. The first-order valence-corrected chi connectivity index (χ1v) is 18.4. The van der Waals surface area contributed by atoms with Crippen LogP contribution in [-0.2, 0) is 43.2 Å². The summed E-state index contributed by atoms with van der Waals surface area (Å²) >= 11 is 0. The first-order chi connectivity index (χ1) is 25.7. The lowest BCUT2D eigenvalue weighted by Gasteiger charge is -2.31. The maximum atomic E-state index is 13.6. The molecule has 5 rings (SSSR count). The minimum atomic E-state index is -0.943. The summed E-state index contributed by atoms with van der Waals surface area (Å²) in [5.74, 6) is 0.571.